The maximum absolute atomic E-state index is 11.1. The molecule has 1 unspecified atom stereocenters. The summed E-state index contributed by atoms with van der Waals surface area (Å²) in [5.74, 6) is -0.495. The van der Waals surface area contributed by atoms with E-state index in [9.17, 15) is 4.79 Å². The van der Waals surface area contributed by atoms with Crippen LogP contribution in [0.25, 0.3) is 0 Å². The van der Waals surface area contributed by atoms with Crippen molar-refractivity contribution >= 4 is 28.9 Å². The number of carbonyl (C=O) groups excluding carboxylic acids is 1. The van der Waals surface area contributed by atoms with E-state index in [2.05, 4.69) is 5.32 Å². The number of benzene rings is 2. The number of hydrogen-bond donors (Lipinski definition) is 3. The maximum atomic E-state index is 11.1. The fourth-order valence-electron chi connectivity index (χ4n) is 1.89. The molecular weight excluding hydrogens is 274 g/mol. The Hall–Kier alpha value is -2.20. The van der Waals surface area contributed by atoms with E-state index >= 15 is 0 Å². The Morgan fingerprint density at radius 3 is 2.40 bits per heavy atom. The lowest BCUT2D eigenvalue weighted by Crippen LogP contribution is -2.12. The quantitative estimate of drug-likeness (QED) is 0.756. The van der Waals surface area contributed by atoms with Crippen LogP contribution in [0.3, 0.4) is 0 Å². The van der Waals surface area contributed by atoms with Gasteiger partial charge in [0.15, 0.2) is 0 Å². The number of anilines is 2. The number of amides is 1. The highest BCUT2D eigenvalue weighted by Gasteiger charge is 2.09. The molecule has 0 aliphatic rings. The van der Waals surface area contributed by atoms with Crippen molar-refractivity contribution < 1.29 is 4.79 Å². The van der Waals surface area contributed by atoms with Crippen LogP contribution >= 0.6 is 11.6 Å². The van der Waals surface area contributed by atoms with Crippen molar-refractivity contribution in [3.05, 3.63) is 58.6 Å². The third-order valence-corrected chi connectivity index (χ3v) is 3.37. The van der Waals surface area contributed by atoms with Crippen LogP contribution in [0.5, 0.6) is 0 Å². The van der Waals surface area contributed by atoms with Crippen molar-refractivity contribution in [2.45, 2.75) is 13.0 Å². The lowest BCUT2D eigenvalue weighted by Gasteiger charge is -2.17. The van der Waals surface area contributed by atoms with Crippen LogP contribution < -0.4 is 16.8 Å². The van der Waals surface area contributed by atoms with E-state index in [1.807, 2.05) is 31.2 Å². The van der Waals surface area contributed by atoms with Gasteiger partial charge in [0, 0.05) is 17.3 Å². The Balaban J connectivity index is 2.17. The molecule has 20 heavy (non-hydrogen) atoms. The van der Waals surface area contributed by atoms with Gasteiger partial charge in [-0.05, 0) is 42.8 Å². The van der Waals surface area contributed by atoms with Crippen LogP contribution in [0.15, 0.2) is 42.5 Å². The molecule has 0 spiro atoms. The second-order valence-corrected chi connectivity index (χ2v) is 5.00. The molecule has 2 aromatic rings. The van der Waals surface area contributed by atoms with Gasteiger partial charge in [-0.15, -0.1) is 0 Å². The number of nitrogens with two attached hydrogens (primary N) is 2. The molecule has 0 saturated heterocycles. The highest BCUT2D eigenvalue weighted by atomic mass is 35.5. The van der Waals surface area contributed by atoms with Gasteiger partial charge in [-0.3, -0.25) is 4.79 Å². The number of rotatable bonds is 4. The molecule has 104 valence electrons. The van der Waals surface area contributed by atoms with Gasteiger partial charge < -0.3 is 16.8 Å². The minimum atomic E-state index is -0.495. The third-order valence-electron chi connectivity index (χ3n) is 3.06. The molecule has 0 saturated carbocycles. The standard InChI is InChI=1S/C15H16ClN3O/c1-9(10-2-5-12(17)6-3-10)19-14-7-4-11(15(18)20)8-13(14)16/h2-9,19H,17H2,1H3,(H2,18,20). The van der Waals surface area contributed by atoms with E-state index in [0.717, 1.165) is 16.9 Å². The van der Waals surface area contributed by atoms with Crippen LogP contribution in [-0.4, -0.2) is 5.91 Å². The Morgan fingerprint density at radius 1 is 1.20 bits per heavy atom. The number of halogens is 1. The summed E-state index contributed by atoms with van der Waals surface area (Å²) in [5.41, 5.74) is 13.8. The minimum Gasteiger partial charge on any atom is -0.399 e. The molecule has 0 bridgehead atoms. The summed E-state index contributed by atoms with van der Waals surface area (Å²) in [7, 11) is 0. The first-order valence-electron chi connectivity index (χ1n) is 6.18. The topological polar surface area (TPSA) is 81.1 Å². The van der Waals surface area contributed by atoms with Gasteiger partial charge in [0.1, 0.15) is 0 Å². The molecule has 2 rings (SSSR count). The molecule has 0 radical (unpaired) electrons. The van der Waals surface area contributed by atoms with Crippen molar-refractivity contribution in [1.29, 1.82) is 0 Å². The van der Waals surface area contributed by atoms with Crippen LogP contribution in [0.1, 0.15) is 28.9 Å². The number of primary amides is 1. The summed E-state index contributed by atoms with van der Waals surface area (Å²) in [4.78, 5) is 11.1. The summed E-state index contributed by atoms with van der Waals surface area (Å²) in [6.07, 6.45) is 0. The molecule has 0 aliphatic carbocycles. The van der Waals surface area contributed by atoms with Gasteiger partial charge in [0.25, 0.3) is 0 Å². The molecule has 5 heteroatoms. The van der Waals surface area contributed by atoms with E-state index in [4.69, 9.17) is 23.1 Å². The highest BCUT2D eigenvalue weighted by molar-refractivity contribution is 6.33. The molecule has 0 fully saturated rings. The van der Waals surface area contributed by atoms with Gasteiger partial charge in [-0.2, -0.15) is 0 Å². The van der Waals surface area contributed by atoms with Crippen molar-refractivity contribution in [3.63, 3.8) is 0 Å². The molecule has 0 aliphatic heterocycles. The molecule has 1 atom stereocenters. The van der Waals surface area contributed by atoms with E-state index < -0.39 is 5.91 Å². The average molecular weight is 290 g/mol. The number of nitrogen functional groups attached to an aromatic ring is 1. The number of nitrogens with one attached hydrogen (secondary N) is 1. The smallest absolute Gasteiger partial charge is 0.248 e. The normalized spacial score (nSPS) is 11.9. The summed E-state index contributed by atoms with van der Waals surface area (Å²) < 4.78 is 0. The molecule has 0 heterocycles. The monoisotopic (exact) mass is 289 g/mol. The molecule has 4 nitrogen and oxygen atoms in total. The maximum Gasteiger partial charge on any atom is 0.248 e. The predicted molar refractivity (Wildman–Crippen MR) is 82.9 cm³/mol. The van der Waals surface area contributed by atoms with Crippen LogP contribution in [0, 0.1) is 0 Å². The van der Waals surface area contributed by atoms with E-state index in [1.165, 1.54) is 0 Å². The van der Waals surface area contributed by atoms with E-state index in [0.29, 0.717) is 10.6 Å². The highest BCUT2D eigenvalue weighted by Crippen LogP contribution is 2.27. The lowest BCUT2D eigenvalue weighted by atomic mass is 10.1. The van der Waals surface area contributed by atoms with Gasteiger partial charge in [-0.1, -0.05) is 23.7 Å². The zero-order valence-electron chi connectivity index (χ0n) is 11.1. The van der Waals surface area contributed by atoms with Crippen molar-refractivity contribution in [2.75, 3.05) is 11.1 Å². The van der Waals surface area contributed by atoms with Gasteiger partial charge in [0.05, 0.1) is 10.7 Å². The summed E-state index contributed by atoms with van der Waals surface area (Å²) in [6, 6.07) is 12.6. The van der Waals surface area contributed by atoms with Gasteiger partial charge in [0.2, 0.25) is 5.91 Å². The summed E-state index contributed by atoms with van der Waals surface area (Å²) in [5, 5.41) is 3.75. The second-order valence-electron chi connectivity index (χ2n) is 4.59. The van der Waals surface area contributed by atoms with E-state index in [1.54, 1.807) is 18.2 Å². The Kier molecular flexibility index (Phi) is 4.15. The number of carbonyl (C=O) groups is 1. The first kappa shape index (κ1) is 14.2. The summed E-state index contributed by atoms with van der Waals surface area (Å²) >= 11 is 6.14. The zero-order chi connectivity index (χ0) is 14.7. The number of hydrogen-bond acceptors (Lipinski definition) is 3. The first-order valence-corrected chi connectivity index (χ1v) is 6.56. The SMILES string of the molecule is CC(Nc1ccc(C(N)=O)cc1Cl)c1ccc(N)cc1. The fraction of sp³-hybridized carbons (Fsp3) is 0.133. The Bertz CT molecular complexity index is 626. The average Bonchev–Trinajstić information content (AvgIpc) is 2.41. The lowest BCUT2D eigenvalue weighted by molar-refractivity contribution is 0.100. The second kappa shape index (κ2) is 5.84. The molecule has 1 amide bonds. The largest absolute Gasteiger partial charge is 0.399 e. The molecule has 2 aromatic carbocycles. The molecular formula is C15H16ClN3O. The Labute approximate surface area is 122 Å². The Morgan fingerprint density at radius 2 is 1.85 bits per heavy atom. The van der Waals surface area contributed by atoms with Crippen molar-refractivity contribution in [1.82, 2.24) is 0 Å². The van der Waals surface area contributed by atoms with Gasteiger partial charge >= 0.3 is 0 Å². The molecule has 5 N–H and O–H groups in total. The minimum absolute atomic E-state index is 0.0625. The third kappa shape index (κ3) is 3.22. The first-order chi connectivity index (χ1) is 9.47. The van der Waals surface area contributed by atoms with E-state index in [-0.39, 0.29) is 6.04 Å². The molecule has 0 aromatic heterocycles. The van der Waals surface area contributed by atoms with Crippen LogP contribution in [0.4, 0.5) is 11.4 Å². The van der Waals surface area contributed by atoms with Crippen LogP contribution in [0.2, 0.25) is 5.02 Å². The fourth-order valence-corrected chi connectivity index (χ4v) is 2.12. The predicted octanol–water partition coefficient (Wildman–Crippen LogP) is 3.19. The van der Waals surface area contributed by atoms with Crippen LogP contribution in [-0.2, 0) is 0 Å². The van der Waals surface area contributed by atoms with Crippen molar-refractivity contribution in [3.8, 4) is 0 Å². The summed E-state index contributed by atoms with van der Waals surface area (Å²) in [6.45, 7) is 2.02. The zero-order valence-corrected chi connectivity index (χ0v) is 11.8. The van der Waals surface area contributed by atoms with Crippen molar-refractivity contribution in [2.24, 2.45) is 5.73 Å². The van der Waals surface area contributed by atoms with Gasteiger partial charge in [-0.25, -0.2) is 0 Å².